The number of hydrogen-bond acceptors (Lipinski definition) is 0. The minimum Gasteiger partial charge on any atom is -0.0888 e. The summed E-state index contributed by atoms with van der Waals surface area (Å²) in [7, 11) is 0. The first kappa shape index (κ1) is 17.5. The van der Waals surface area contributed by atoms with Crippen molar-refractivity contribution < 1.29 is 0 Å². The number of unbranched alkanes of at least 4 members (excludes halogenated alkanes) is 9. The van der Waals surface area contributed by atoms with Crippen molar-refractivity contribution in [3.63, 3.8) is 0 Å². The second-order valence-corrected chi connectivity index (χ2v) is 5.05. The summed E-state index contributed by atoms with van der Waals surface area (Å²) in [6, 6.07) is 0. The zero-order valence-corrected chi connectivity index (χ0v) is 12.5. The topological polar surface area (TPSA) is 0 Å². The quantitative estimate of drug-likeness (QED) is 0.254. The van der Waals surface area contributed by atoms with Gasteiger partial charge in [0, 0.05) is 0 Å². The minimum absolute atomic E-state index is 0.938. The maximum atomic E-state index is 3.79. The lowest BCUT2D eigenvalue weighted by molar-refractivity contribution is 0.571. The SMILES string of the molecule is [CH2]CC=CCCCCCCCCCCC=CCC. The summed E-state index contributed by atoms with van der Waals surface area (Å²) in [5.74, 6) is 0. The fraction of sp³-hybridized carbons (Fsp3) is 0.722. The monoisotopic (exact) mass is 249 g/mol. The Balaban J connectivity index is 2.98. The van der Waals surface area contributed by atoms with Crippen molar-refractivity contribution in [2.75, 3.05) is 0 Å². The molecule has 0 heterocycles. The average Bonchev–Trinajstić information content (AvgIpc) is 2.39. The van der Waals surface area contributed by atoms with Crippen LogP contribution in [0.3, 0.4) is 0 Å². The summed E-state index contributed by atoms with van der Waals surface area (Å²) in [6.45, 7) is 5.99. The summed E-state index contributed by atoms with van der Waals surface area (Å²) in [5, 5.41) is 0. The van der Waals surface area contributed by atoms with E-state index >= 15 is 0 Å². The summed E-state index contributed by atoms with van der Waals surface area (Å²) in [4.78, 5) is 0. The molecule has 105 valence electrons. The van der Waals surface area contributed by atoms with Gasteiger partial charge < -0.3 is 0 Å². The van der Waals surface area contributed by atoms with E-state index < -0.39 is 0 Å². The van der Waals surface area contributed by atoms with Gasteiger partial charge in [-0.3, -0.25) is 0 Å². The van der Waals surface area contributed by atoms with Gasteiger partial charge in [-0.1, -0.05) is 69.8 Å². The van der Waals surface area contributed by atoms with E-state index in [1.165, 1.54) is 70.6 Å². The van der Waals surface area contributed by atoms with Gasteiger partial charge in [0.25, 0.3) is 0 Å². The van der Waals surface area contributed by atoms with E-state index in [9.17, 15) is 0 Å². The fourth-order valence-corrected chi connectivity index (χ4v) is 2.11. The number of hydrogen-bond donors (Lipinski definition) is 0. The Morgan fingerprint density at radius 2 is 1.06 bits per heavy atom. The van der Waals surface area contributed by atoms with Crippen LogP contribution in [0.5, 0.6) is 0 Å². The molecule has 0 rings (SSSR count). The average molecular weight is 249 g/mol. The zero-order valence-electron chi connectivity index (χ0n) is 12.5. The van der Waals surface area contributed by atoms with Gasteiger partial charge in [0.05, 0.1) is 0 Å². The number of rotatable bonds is 13. The van der Waals surface area contributed by atoms with Crippen LogP contribution in [0.2, 0.25) is 0 Å². The van der Waals surface area contributed by atoms with Crippen LogP contribution in [0.25, 0.3) is 0 Å². The number of allylic oxidation sites excluding steroid dienone is 4. The minimum atomic E-state index is 0.938. The van der Waals surface area contributed by atoms with Crippen LogP contribution in [-0.2, 0) is 0 Å². The first-order valence-electron chi connectivity index (χ1n) is 8.01. The Morgan fingerprint density at radius 1 is 0.611 bits per heavy atom. The molecule has 0 N–H and O–H groups in total. The third-order valence-electron chi connectivity index (χ3n) is 3.23. The van der Waals surface area contributed by atoms with Gasteiger partial charge >= 0.3 is 0 Å². The molecule has 0 heteroatoms. The van der Waals surface area contributed by atoms with E-state index in [2.05, 4.69) is 38.2 Å². The first-order valence-corrected chi connectivity index (χ1v) is 8.01. The molecule has 0 aliphatic rings. The van der Waals surface area contributed by atoms with Crippen molar-refractivity contribution in [2.24, 2.45) is 0 Å². The molecule has 0 fully saturated rings. The van der Waals surface area contributed by atoms with Gasteiger partial charge in [0.1, 0.15) is 0 Å². The smallest absolute Gasteiger partial charge is 0.0351 e. The lowest BCUT2D eigenvalue weighted by Crippen LogP contribution is -1.81. The van der Waals surface area contributed by atoms with Crippen molar-refractivity contribution >= 4 is 0 Å². The molecule has 0 unspecified atom stereocenters. The van der Waals surface area contributed by atoms with Crippen LogP contribution in [0.1, 0.15) is 84.0 Å². The van der Waals surface area contributed by atoms with Crippen molar-refractivity contribution in [2.45, 2.75) is 84.0 Å². The normalized spacial score (nSPS) is 11.9. The van der Waals surface area contributed by atoms with Crippen LogP contribution in [0.15, 0.2) is 24.3 Å². The molecular formula is C18H33. The van der Waals surface area contributed by atoms with Gasteiger partial charge in [0.15, 0.2) is 0 Å². The molecule has 0 spiro atoms. The van der Waals surface area contributed by atoms with Crippen molar-refractivity contribution in [3.8, 4) is 0 Å². The van der Waals surface area contributed by atoms with E-state index in [4.69, 9.17) is 0 Å². The first-order chi connectivity index (χ1) is 8.91. The Kier molecular flexibility index (Phi) is 16.0. The second-order valence-electron chi connectivity index (χ2n) is 5.05. The predicted molar refractivity (Wildman–Crippen MR) is 84.7 cm³/mol. The standard InChI is InChI=1S/C18H33/c1-3-5-7-9-11-13-15-17-18-16-14-12-10-8-6-4-2/h5-8H,1,3-4,9-18H2,2H3. The van der Waals surface area contributed by atoms with Gasteiger partial charge in [-0.2, -0.15) is 0 Å². The highest BCUT2D eigenvalue weighted by Gasteiger charge is 1.91. The molecule has 0 saturated carbocycles. The molecule has 18 heavy (non-hydrogen) atoms. The lowest BCUT2D eigenvalue weighted by atomic mass is 10.1. The zero-order chi connectivity index (χ0) is 13.3. The van der Waals surface area contributed by atoms with Crippen LogP contribution in [-0.4, -0.2) is 0 Å². The molecular weight excluding hydrogens is 216 g/mol. The maximum absolute atomic E-state index is 3.79. The van der Waals surface area contributed by atoms with E-state index in [1.807, 2.05) is 0 Å². The van der Waals surface area contributed by atoms with Gasteiger partial charge in [-0.05, 0) is 45.4 Å². The molecule has 0 aliphatic carbocycles. The van der Waals surface area contributed by atoms with Crippen LogP contribution in [0.4, 0.5) is 0 Å². The maximum Gasteiger partial charge on any atom is -0.0351 e. The Morgan fingerprint density at radius 3 is 1.50 bits per heavy atom. The summed E-state index contributed by atoms with van der Waals surface area (Å²) in [6.07, 6.45) is 25.0. The van der Waals surface area contributed by atoms with Gasteiger partial charge in [0.2, 0.25) is 0 Å². The molecule has 0 bridgehead atoms. The highest BCUT2D eigenvalue weighted by atomic mass is 14.0. The van der Waals surface area contributed by atoms with Crippen molar-refractivity contribution in [3.05, 3.63) is 31.2 Å². The third kappa shape index (κ3) is 15.5. The van der Waals surface area contributed by atoms with Gasteiger partial charge in [-0.25, -0.2) is 0 Å². The van der Waals surface area contributed by atoms with Gasteiger partial charge in [-0.15, -0.1) is 0 Å². The van der Waals surface area contributed by atoms with E-state index in [-0.39, 0.29) is 0 Å². The van der Waals surface area contributed by atoms with Crippen LogP contribution in [0, 0.1) is 6.92 Å². The molecule has 0 aromatic heterocycles. The van der Waals surface area contributed by atoms with Crippen LogP contribution < -0.4 is 0 Å². The highest BCUT2D eigenvalue weighted by molar-refractivity contribution is 4.81. The predicted octanol–water partition coefficient (Wildman–Crippen LogP) is 6.63. The molecule has 0 aromatic carbocycles. The van der Waals surface area contributed by atoms with Crippen molar-refractivity contribution in [1.82, 2.24) is 0 Å². The molecule has 0 amide bonds. The van der Waals surface area contributed by atoms with Crippen LogP contribution >= 0.6 is 0 Å². The largest absolute Gasteiger partial charge is 0.0888 e. The Hall–Kier alpha value is -0.520. The second kappa shape index (κ2) is 16.5. The van der Waals surface area contributed by atoms with E-state index in [0.29, 0.717) is 0 Å². The Labute approximate surface area is 116 Å². The fourth-order valence-electron chi connectivity index (χ4n) is 2.11. The van der Waals surface area contributed by atoms with E-state index in [0.717, 1.165) is 6.42 Å². The Bertz CT molecular complexity index is 166. The molecule has 0 nitrogen and oxygen atoms in total. The third-order valence-corrected chi connectivity index (χ3v) is 3.23. The molecule has 0 saturated heterocycles. The summed E-state index contributed by atoms with van der Waals surface area (Å²) < 4.78 is 0. The molecule has 0 atom stereocenters. The highest BCUT2D eigenvalue weighted by Crippen LogP contribution is 2.11. The molecule has 1 radical (unpaired) electrons. The molecule has 0 aromatic rings. The molecule has 0 aliphatic heterocycles. The van der Waals surface area contributed by atoms with Crippen molar-refractivity contribution in [1.29, 1.82) is 0 Å². The lowest BCUT2D eigenvalue weighted by Gasteiger charge is -2.00. The summed E-state index contributed by atoms with van der Waals surface area (Å²) in [5.41, 5.74) is 0. The van der Waals surface area contributed by atoms with E-state index in [1.54, 1.807) is 0 Å². The summed E-state index contributed by atoms with van der Waals surface area (Å²) >= 11 is 0.